The van der Waals surface area contributed by atoms with E-state index < -0.39 is 17.5 Å². The van der Waals surface area contributed by atoms with Crippen LogP contribution in [0.5, 0.6) is 0 Å². The number of methoxy groups -OCH3 is 1. The molecule has 2 fully saturated rings. The third kappa shape index (κ3) is 8.10. The maximum absolute atomic E-state index is 12.0. The van der Waals surface area contributed by atoms with Crippen molar-refractivity contribution in [3.05, 3.63) is 59.4 Å². The topological polar surface area (TPSA) is 127 Å². The van der Waals surface area contributed by atoms with Crippen LogP contribution >= 0.6 is 0 Å². The molecule has 0 amide bonds. The zero-order chi connectivity index (χ0) is 27.5. The van der Waals surface area contributed by atoms with Gasteiger partial charge >= 0.3 is 6.01 Å². The van der Waals surface area contributed by atoms with Gasteiger partial charge < -0.3 is 29.9 Å². The van der Waals surface area contributed by atoms with Gasteiger partial charge in [0.1, 0.15) is 5.82 Å². The van der Waals surface area contributed by atoms with E-state index in [1.54, 1.807) is 7.11 Å². The van der Waals surface area contributed by atoms with Gasteiger partial charge in [-0.25, -0.2) is 23.1 Å². The lowest BCUT2D eigenvalue weighted by Gasteiger charge is -2.30. The Morgan fingerprint density at radius 3 is 2.29 bits per heavy atom. The third-order valence-electron chi connectivity index (χ3n) is 6.27. The highest BCUT2D eigenvalue weighted by molar-refractivity contribution is 5.34. The average Bonchev–Trinajstić information content (AvgIpc) is 3.61. The van der Waals surface area contributed by atoms with Gasteiger partial charge in [-0.3, -0.25) is 0 Å². The summed E-state index contributed by atoms with van der Waals surface area (Å²) in [6, 6.07) is 2.94. The van der Waals surface area contributed by atoms with E-state index in [0.29, 0.717) is 36.9 Å². The first-order valence-electron chi connectivity index (χ1n) is 12.4. The Morgan fingerprint density at radius 1 is 1.03 bits per heavy atom. The molecule has 13 heteroatoms. The predicted molar refractivity (Wildman–Crippen MR) is 135 cm³/mol. The summed E-state index contributed by atoms with van der Waals surface area (Å²) in [5, 5.41) is 11.0. The lowest BCUT2D eigenvalue weighted by atomic mass is 9.91. The molecule has 1 unspecified atom stereocenters. The number of hydrogen-bond acceptors (Lipinski definition) is 10. The molecule has 1 aromatic carbocycles. The Kier molecular flexibility index (Phi) is 11.2. The van der Waals surface area contributed by atoms with Gasteiger partial charge in [0.05, 0.1) is 6.61 Å². The van der Waals surface area contributed by atoms with Crippen LogP contribution < -0.4 is 15.5 Å². The van der Waals surface area contributed by atoms with Crippen LogP contribution in [-0.2, 0) is 11.2 Å². The summed E-state index contributed by atoms with van der Waals surface area (Å²) >= 11 is 0. The number of rotatable bonds is 6. The first-order valence-corrected chi connectivity index (χ1v) is 12.4. The summed E-state index contributed by atoms with van der Waals surface area (Å²) in [7, 11) is 2.67. The molecule has 0 spiro atoms. The number of hydrogen-bond donors (Lipinski definition) is 2. The van der Waals surface area contributed by atoms with E-state index in [2.05, 4.69) is 29.9 Å². The Bertz CT molecular complexity index is 1110. The normalized spacial score (nSPS) is 17.5. The highest BCUT2D eigenvalue weighted by atomic mass is 19.2. The summed E-state index contributed by atoms with van der Waals surface area (Å²) < 4.78 is 46.3. The number of halogens is 3. The molecule has 3 aromatic rings. The first kappa shape index (κ1) is 29.3. The second-order valence-corrected chi connectivity index (χ2v) is 8.87. The summed E-state index contributed by atoms with van der Waals surface area (Å²) in [4.78, 5) is 17.9. The largest absolute Gasteiger partial charge is 0.400 e. The highest BCUT2D eigenvalue weighted by Gasteiger charge is 2.26. The molecule has 1 atom stereocenters. The molecule has 10 nitrogen and oxygen atoms in total. The Balaban J connectivity index is 0.000000307. The Morgan fingerprint density at radius 2 is 1.71 bits per heavy atom. The Labute approximate surface area is 219 Å². The molecule has 0 bridgehead atoms. The van der Waals surface area contributed by atoms with Crippen LogP contribution in [0.4, 0.5) is 25.1 Å². The molecule has 0 aliphatic carbocycles. The van der Waals surface area contributed by atoms with Crippen molar-refractivity contribution in [1.82, 2.24) is 20.1 Å². The van der Waals surface area contributed by atoms with Gasteiger partial charge in [-0.1, -0.05) is 5.16 Å². The summed E-state index contributed by atoms with van der Waals surface area (Å²) in [6.07, 6.45) is 7.67. The van der Waals surface area contributed by atoms with Crippen molar-refractivity contribution >= 4 is 12.0 Å². The van der Waals surface area contributed by atoms with Gasteiger partial charge in [-0.15, -0.1) is 0 Å². The van der Waals surface area contributed by atoms with Gasteiger partial charge in [0.15, 0.2) is 17.5 Å². The Hall–Kier alpha value is -3.29. The molecule has 4 heterocycles. The maximum Gasteiger partial charge on any atom is 0.324 e. The minimum atomic E-state index is -1.16. The second kappa shape index (κ2) is 14.6. The minimum absolute atomic E-state index is 0.234. The first-order chi connectivity index (χ1) is 18.4. The number of aliphatic hydroxyl groups is 1. The summed E-state index contributed by atoms with van der Waals surface area (Å²) in [5.74, 6) is -1.01. The van der Waals surface area contributed by atoms with Crippen LogP contribution in [-0.4, -0.2) is 78.3 Å². The van der Waals surface area contributed by atoms with E-state index >= 15 is 0 Å². The smallest absolute Gasteiger partial charge is 0.324 e. The second-order valence-electron chi connectivity index (χ2n) is 8.87. The van der Waals surface area contributed by atoms with Gasteiger partial charge in [0.25, 0.3) is 0 Å². The van der Waals surface area contributed by atoms with Crippen molar-refractivity contribution in [1.29, 1.82) is 0 Å². The number of aliphatic hydroxyl groups excluding tert-OH is 1. The molecule has 2 aromatic heterocycles. The third-order valence-corrected chi connectivity index (χ3v) is 6.27. The van der Waals surface area contributed by atoms with Gasteiger partial charge in [0.2, 0.25) is 5.95 Å². The van der Waals surface area contributed by atoms with Gasteiger partial charge in [-0.05, 0) is 42.9 Å². The molecule has 0 radical (unpaired) electrons. The average molecular weight is 538 g/mol. The summed E-state index contributed by atoms with van der Waals surface area (Å²) in [5.41, 5.74) is 7.17. The fourth-order valence-corrected chi connectivity index (χ4v) is 4.22. The number of ether oxygens (including phenoxy) is 1. The standard InChI is InChI=1S/C18H27N7O2.C6H3F3.CH4O/c1-26-9-5-16-22-18(27-23-16)24-6-2-13(3-7-24)14-10-20-17(21-11-14)25-8-4-15(19)12-25;7-4-1-2-5(8)6(9)3-4;1-2/h10-11,13,15H,2-9,12,19H2,1H3;1-3H;2H,1H3. The molecule has 0 saturated carbocycles. The summed E-state index contributed by atoms with van der Waals surface area (Å²) in [6.45, 7) is 4.16. The van der Waals surface area contributed by atoms with Crippen LogP contribution in [0, 0.1) is 17.5 Å². The minimum Gasteiger partial charge on any atom is -0.400 e. The maximum atomic E-state index is 12.0. The number of nitrogens with zero attached hydrogens (tertiary/aromatic N) is 6. The fourth-order valence-electron chi connectivity index (χ4n) is 4.22. The number of benzene rings is 1. The number of piperidine rings is 1. The van der Waals surface area contributed by atoms with Crippen molar-refractivity contribution in [2.75, 3.05) is 56.8 Å². The molecule has 2 aliphatic rings. The van der Waals surface area contributed by atoms with E-state index in [1.165, 1.54) is 5.56 Å². The van der Waals surface area contributed by atoms with Crippen LogP contribution in [0.2, 0.25) is 0 Å². The number of nitrogens with two attached hydrogens (primary N) is 1. The van der Waals surface area contributed by atoms with Crippen molar-refractivity contribution in [3.8, 4) is 0 Å². The van der Waals surface area contributed by atoms with Gasteiger partial charge in [0, 0.05) is 71.3 Å². The van der Waals surface area contributed by atoms with Gasteiger partial charge in [-0.2, -0.15) is 4.98 Å². The molecule has 3 N–H and O–H groups in total. The van der Waals surface area contributed by atoms with Crippen LogP contribution in [0.1, 0.15) is 36.6 Å². The quantitative estimate of drug-likeness (QED) is 0.453. The number of aromatic nitrogens is 4. The monoisotopic (exact) mass is 537 g/mol. The lowest BCUT2D eigenvalue weighted by molar-refractivity contribution is 0.199. The van der Waals surface area contributed by atoms with E-state index in [0.717, 1.165) is 70.6 Å². The fraction of sp³-hybridized carbons (Fsp3) is 0.520. The zero-order valence-corrected chi connectivity index (χ0v) is 21.6. The van der Waals surface area contributed by atoms with Crippen LogP contribution in [0.3, 0.4) is 0 Å². The molecule has 2 aliphatic heterocycles. The van der Waals surface area contributed by atoms with E-state index in [4.69, 9.17) is 20.1 Å². The number of anilines is 2. The van der Waals surface area contributed by atoms with Crippen LogP contribution in [0.15, 0.2) is 35.1 Å². The zero-order valence-electron chi connectivity index (χ0n) is 21.6. The van der Waals surface area contributed by atoms with Crippen molar-refractivity contribution in [2.45, 2.75) is 37.6 Å². The van der Waals surface area contributed by atoms with Crippen molar-refractivity contribution in [3.63, 3.8) is 0 Å². The molecular weight excluding hydrogens is 503 g/mol. The molecule has 5 rings (SSSR count). The lowest BCUT2D eigenvalue weighted by Crippen LogP contribution is -2.33. The van der Waals surface area contributed by atoms with E-state index in [-0.39, 0.29) is 6.04 Å². The predicted octanol–water partition coefficient (Wildman–Crippen LogP) is 2.68. The molecule has 208 valence electrons. The molecule has 2 saturated heterocycles. The van der Waals surface area contributed by atoms with Crippen molar-refractivity contribution in [2.24, 2.45) is 5.73 Å². The SMILES string of the molecule is CO.COCCc1noc(N2CCC(c3cnc(N4CCC(N)C4)nc3)CC2)n1.Fc1ccc(F)c(F)c1. The molecular formula is C25H34F3N7O3. The highest BCUT2D eigenvalue weighted by Crippen LogP contribution is 2.30. The molecule has 38 heavy (non-hydrogen) atoms. The van der Waals surface area contributed by atoms with E-state index in [9.17, 15) is 13.2 Å². The van der Waals surface area contributed by atoms with Crippen LogP contribution in [0.25, 0.3) is 0 Å². The van der Waals surface area contributed by atoms with Crippen molar-refractivity contribution < 1.29 is 27.5 Å². The van der Waals surface area contributed by atoms with E-state index in [1.807, 2.05) is 12.4 Å².